The van der Waals surface area contributed by atoms with Gasteiger partial charge in [0.05, 0.1) is 26.9 Å². The van der Waals surface area contributed by atoms with Crippen LogP contribution in [0.3, 0.4) is 0 Å². The van der Waals surface area contributed by atoms with Crippen molar-refractivity contribution in [2.45, 2.75) is 26.3 Å². The molecular weight excluding hydrogens is 380 g/mol. The van der Waals surface area contributed by atoms with Crippen molar-refractivity contribution in [3.05, 3.63) is 53.1 Å². The molecule has 0 aromatic heterocycles. The van der Waals surface area contributed by atoms with Gasteiger partial charge in [-0.05, 0) is 56.5 Å². The first-order valence-corrected chi connectivity index (χ1v) is 10.4. The number of likely N-dealkylation sites (tertiary alicyclic amines) is 1. The maximum atomic E-state index is 12.8. The number of piperidine rings is 1. The van der Waals surface area contributed by atoms with Crippen LogP contribution in [0.15, 0.2) is 36.4 Å². The third-order valence-corrected chi connectivity index (χ3v) is 5.73. The van der Waals surface area contributed by atoms with Crippen molar-refractivity contribution in [3.63, 3.8) is 0 Å². The van der Waals surface area contributed by atoms with Gasteiger partial charge in [-0.3, -0.25) is 9.69 Å². The van der Waals surface area contributed by atoms with Gasteiger partial charge in [-0.15, -0.1) is 0 Å². The van der Waals surface area contributed by atoms with Crippen LogP contribution in [-0.2, 0) is 6.54 Å². The van der Waals surface area contributed by atoms with Crippen LogP contribution in [-0.4, -0.2) is 51.8 Å². The predicted octanol–water partition coefficient (Wildman–Crippen LogP) is 3.66. The minimum absolute atomic E-state index is 0.158. The standard InChI is InChI=1S/C24H32N2O4/c1-17-5-7-19(8-6-17)16-26-13-11-18(12-14-26)15-25-24(27)20-9-10-21(28-2)23(30-4)22(20)29-3/h5-10,18H,11-16H2,1-4H3,(H,25,27). The molecule has 3 rings (SSSR count). The zero-order valence-corrected chi connectivity index (χ0v) is 18.4. The largest absolute Gasteiger partial charge is 0.493 e. The van der Waals surface area contributed by atoms with E-state index in [4.69, 9.17) is 14.2 Å². The first kappa shape index (κ1) is 22.0. The highest BCUT2D eigenvalue weighted by Crippen LogP contribution is 2.39. The normalized spacial score (nSPS) is 14.9. The van der Waals surface area contributed by atoms with E-state index in [2.05, 4.69) is 41.4 Å². The molecule has 0 bridgehead atoms. The molecule has 1 aliphatic heterocycles. The molecule has 30 heavy (non-hydrogen) atoms. The Morgan fingerprint density at radius 2 is 1.63 bits per heavy atom. The summed E-state index contributed by atoms with van der Waals surface area (Å²) in [5, 5.41) is 3.07. The van der Waals surface area contributed by atoms with Crippen molar-refractivity contribution in [1.29, 1.82) is 0 Å². The molecule has 0 aliphatic carbocycles. The number of benzene rings is 2. The maximum Gasteiger partial charge on any atom is 0.255 e. The highest BCUT2D eigenvalue weighted by atomic mass is 16.5. The number of ether oxygens (including phenoxy) is 3. The Hall–Kier alpha value is -2.73. The van der Waals surface area contributed by atoms with Gasteiger partial charge >= 0.3 is 0 Å². The van der Waals surface area contributed by atoms with E-state index >= 15 is 0 Å². The number of carbonyl (C=O) groups excluding carboxylic acids is 1. The van der Waals surface area contributed by atoms with E-state index in [0.717, 1.165) is 32.5 Å². The molecule has 0 radical (unpaired) electrons. The summed E-state index contributed by atoms with van der Waals surface area (Å²) in [5.41, 5.74) is 3.10. The van der Waals surface area contributed by atoms with Gasteiger partial charge in [0.25, 0.3) is 5.91 Å². The number of hydrogen-bond acceptors (Lipinski definition) is 5. The fraction of sp³-hybridized carbons (Fsp3) is 0.458. The van der Waals surface area contributed by atoms with E-state index in [0.29, 0.717) is 35.3 Å². The lowest BCUT2D eigenvalue weighted by Gasteiger charge is -2.32. The second kappa shape index (κ2) is 10.3. The maximum absolute atomic E-state index is 12.8. The number of amides is 1. The summed E-state index contributed by atoms with van der Waals surface area (Å²) in [5.74, 6) is 1.68. The van der Waals surface area contributed by atoms with Crippen LogP contribution in [0.25, 0.3) is 0 Å². The average Bonchev–Trinajstić information content (AvgIpc) is 2.78. The van der Waals surface area contributed by atoms with Crippen LogP contribution in [0.2, 0.25) is 0 Å². The number of methoxy groups -OCH3 is 3. The lowest BCUT2D eigenvalue weighted by atomic mass is 9.96. The van der Waals surface area contributed by atoms with E-state index in [-0.39, 0.29) is 5.91 Å². The molecule has 1 heterocycles. The summed E-state index contributed by atoms with van der Waals surface area (Å²) >= 11 is 0. The van der Waals surface area contributed by atoms with Crippen molar-refractivity contribution in [3.8, 4) is 17.2 Å². The second-order valence-electron chi connectivity index (χ2n) is 7.80. The Balaban J connectivity index is 1.52. The highest BCUT2D eigenvalue weighted by Gasteiger charge is 2.23. The van der Waals surface area contributed by atoms with Gasteiger partial charge in [0, 0.05) is 13.1 Å². The quantitative estimate of drug-likeness (QED) is 0.717. The Morgan fingerprint density at radius 1 is 0.967 bits per heavy atom. The van der Waals surface area contributed by atoms with Crippen molar-refractivity contribution in [2.75, 3.05) is 41.0 Å². The minimum Gasteiger partial charge on any atom is -0.493 e. The average molecular weight is 413 g/mol. The smallest absolute Gasteiger partial charge is 0.255 e. The van der Waals surface area contributed by atoms with Gasteiger partial charge in [-0.1, -0.05) is 29.8 Å². The molecular formula is C24H32N2O4. The topological polar surface area (TPSA) is 60.0 Å². The summed E-state index contributed by atoms with van der Waals surface area (Å²) in [6.07, 6.45) is 2.16. The van der Waals surface area contributed by atoms with Crippen LogP contribution < -0.4 is 19.5 Å². The first-order chi connectivity index (χ1) is 14.5. The summed E-state index contributed by atoms with van der Waals surface area (Å²) < 4.78 is 16.1. The predicted molar refractivity (Wildman–Crippen MR) is 118 cm³/mol. The second-order valence-corrected chi connectivity index (χ2v) is 7.80. The lowest BCUT2D eigenvalue weighted by molar-refractivity contribution is 0.0931. The molecule has 6 heteroatoms. The van der Waals surface area contributed by atoms with Crippen molar-refractivity contribution in [1.82, 2.24) is 10.2 Å². The van der Waals surface area contributed by atoms with E-state index < -0.39 is 0 Å². The molecule has 0 saturated carbocycles. The molecule has 2 aromatic carbocycles. The Bertz CT molecular complexity index is 843. The number of rotatable bonds is 8. The zero-order valence-electron chi connectivity index (χ0n) is 18.4. The van der Waals surface area contributed by atoms with E-state index in [1.165, 1.54) is 25.3 Å². The van der Waals surface area contributed by atoms with E-state index in [1.807, 2.05) is 0 Å². The molecule has 6 nitrogen and oxygen atoms in total. The number of nitrogens with zero attached hydrogens (tertiary/aromatic N) is 1. The Kier molecular flexibility index (Phi) is 7.57. The van der Waals surface area contributed by atoms with Gasteiger partial charge in [0.15, 0.2) is 11.5 Å². The third kappa shape index (κ3) is 5.25. The van der Waals surface area contributed by atoms with Crippen molar-refractivity contribution >= 4 is 5.91 Å². The van der Waals surface area contributed by atoms with Crippen LogP contribution in [0.5, 0.6) is 17.2 Å². The number of hydrogen-bond donors (Lipinski definition) is 1. The van der Waals surface area contributed by atoms with Crippen LogP contribution >= 0.6 is 0 Å². The third-order valence-electron chi connectivity index (χ3n) is 5.73. The van der Waals surface area contributed by atoms with Gasteiger partial charge in [-0.25, -0.2) is 0 Å². The lowest BCUT2D eigenvalue weighted by Crippen LogP contribution is -2.38. The number of nitrogens with one attached hydrogen (secondary N) is 1. The molecule has 162 valence electrons. The molecule has 1 saturated heterocycles. The monoisotopic (exact) mass is 412 g/mol. The van der Waals surface area contributed by atoms with Gasteiger partial charge in [0.1, 0.15) is 0 Å². The molecule has 0 spiro atoms. The van der Waals surface area contributed by atoms with Crippen molar-refractivity contribution in [2.24, 2.45) is 5.92 Å². The van der Waals surface area contributed by atoms with Crippen LogP contribution in [0, 0.1) is 12.8 Å². The minimum atomic E-state index is -0.158. The van der Waals surface area contributed by atoms with Crippen LogP contribution in [0.4, 0.5) is 0 Å². The SMILES string of the molecule is COc1ccc(C(=O)NCC2CCN(Cc3ccc(C)cc3)CC2)c(OC)c1OC. The summed E-state index contributed by atoms with van der Waals surface area (Å²) in [6, 6.07) is 12.2. The zero-order chi connectivity index (χ0) is 21.5. The van der Waals surface area contributed by atoms with E-state index in [1.54, 1.807) is 19.2 Å². The summed E-state index contributed by atoms with van der Waals surface area (Å²) in [6.45, 7) is 5.86. The van der Waals surface area contributed by atoms with Gasteiger partial charge < -0.3 is 19.5 Å². The summed E-state index contributed by atoms with van der Waals surface area (Å²) in [4.78, 5) is 15.3. The molecule has 1 amide bonds. The number of aryl methyl sites for hydroxylation is 1. The Morgan fingerprint density at radius 3 is 2.23 bits per heavy atom. The van der Waals surface area contributed by atoms with E-state index in [9.17, 15) is 4.79 Å². The molecule has 0 unspecified atom stereocenters. The molecule has 1 aliphatic rings. The molecule has 1 fully saturated rings. The van der Waals surface area contributed by atoms with Gasteiger partial charge in [0.2, 0.25) is 5.75 Å². The number of carbonyl (C=O) groups is 1. The van der Waals surface area contributed by atoms with Gasteiger partial charge in [-0.2, -0.15) is 0 Å². The fourth-order valence-electron chi connectivity index (χ4n) is 3.91. The fourth-order valence-corrected chi connectivity index (χ4v) is 3.91. The summed E-state index contributed by atoms with van der Waals surface area (Å²) in [7, 11) is 4.62. The molecule has 1 N–H and O–H groups in total. The Labute approximate surface area is 179 Å². The van der Waals surface area contributed by atoms with Crippen molar-refractivity contribution < 1.29 is 19.0 Å². The highest BCUT2D eigenvalue weighted by molar-refractivity contribution is 5.98. The first-order valence-electron chi connectivity index (χ1n) is 10.4. The van der Waals surface area contributed by atoms with Crippen LogP contribution in [0.1, 0.15) is 34.3 Å². The molecule has 0 atom stereocenters. The molecule has 2 aromatic rings.